The van der Waals surface area contributed by atoms with Gasteiger partial charge < -0.3 is 15.5 Å². The van der Waals surface area contributed by atoms with Gasteiger partial charge in [0.05, 0.1) is 5.60 Å². The van der Waals surface area contributed by atoms with E-state index in [2.05, 4.69) is 55.3 Å². The number of hydrogen-bond acceptors (Lipinski definition) is 4. The SMILES string of the molecule is CC(C)c1ccc([C@](O)(c2ccnc(CCC(C)(C)O)c2)C2(C)CNC2)cc1.Cl. The summed E-state index contributed by atoms with van der Waals surface area (Å²) in [5.74, 6) is 0.456. The van der Waals surface area contributed by atoms with Crippen LogP contribution in [0.2, 0.25) is 0 Å². The number of pyridine rings is 1. The zero-order valence-corrected chi connectivity index (χ0v) is 19.0. The van der Waals surface area contributed by atoms with Crippen molar-refractivity contribution in [1.29, 1.82) is 0 Å². The third-order valence-corrected chi connectivity index (χ3v) is 6.13. The van der Waals surface area contributed by atoms with Crippen LogP contribution in [0.25, 0.3) is 0 Å². The molecule has 0 aliphatic carbocycles. The van der Waals surface area contributed by atoms with Crippen molar-refractivity contribution in [2.75, 3.05) is 13.1 Å². The molecule has 0 radical (unpaired) electrons. The van der Waals surface area contributed by atoms with Crippen LogP contribution in [0.1, 0.15) is 69.3 Å². The number of aliphatic hydroxyl groups is 2. The van der Waals surface area contributed by atoms with Crippen LogP contribution in [0.3, 0.4) is 0 Å². The fourth-order valence-corrected chi connectivity index (χ4v) is 4.00. The molecule has 1 fully saturated rings. The Hall–Kier alpha value is -1.46. The highest BCUT2D eigenvalue weighted by molar-refractivity contribution is 5.85. The van der Waals surface area contributed by atoms with Crippen LogP contribution in [-0.2, 0) is 12.0 Å². The Morgan fingerprint density at radius 3 is 2.17 bits per heavy atom. The topological polar surface area (TPSA) is 65.4 Å². The molecule has 5 heteroatoms. The molecule has 0 unspecified atom stereocenters. The molecular formula is C24H35ClN2O2. The number of aromatic nitrogens is 1. The van der Waals surface area contributed by atoms with Crippen molar-refractivity contribution in [2.24, 2.45) is 5.41 Å². The van der Waals surface area contributed by atoms with Crippen molar-refractivity contribution in [3.8, 4) is 0 Å². The standard InChI is InChI=1S/C24H34N2O2.ClH/c1-17(2)18-6-8-19(9-7-18)24(28,23(5)15-25-16-23)20-11-13-26-21(14-20)10-12-22(3,4)27;/h6-9,11,13-14,17,25,27-28H,10,12,15-16H2,1-5H3;1H/t24-;/m0./s1. The largest absolute Gasteiger partial charge is 0.390 e. The van der Waals surface area contributed by atoms with Gasteiger partial charge in [0.15, 0.2) is 0 Å². The van der Waals surface area contributed by atoms with Crippen LogP contribution in [0.5, 0.6) is 0 Å². The summed E-state index contributed by atoms with van der Waals surface area (Å²) in [4.78, 5) is 4.48. The Morgan fingerprint density at radius 1 is 1.07 bits per heavy atom. The summed E-state index contributed by atoms with van der Waals surface area (Å²) in [5, 5.41) is 25.5. The Kier molecular flexibility index (Phi) is 7.17. The molecular weight excluding hydrogens is 384 g/mol. The predicted octanol–water partition coefficient (Wildman–Crippen LogP) is 4.18. The first-order chi connectivity index (χ1) is 13.1. The summed E-state index contributed by atoms with van der Waals surface area (Å²) >= 11 is 0. The van der Waals surface area contributed by atoms with Gasteiger partial charge in [-0.05, 0) is 61.4 Å². The molecule has 3 rings (SSSR count). The second kappa shape index (κ2) is 8.73. The van der Waals surface area contributed by atoms with E-state index >= 15 is 0 Å². The summed E-state index contributed by atoms with van der Waals surface area (Å²) in [7, 11) is 0. The zero-order valence-electron chi connectivity index (χ0n) is 18.2. The van der Waals surface area contributed by atoms with Crippen LogP contribution in [0.15, 0.2) is 42.6 Å². The van der Waals surface area contributed by atoms with Crippen LogP contribution >= 0.6 is 12.4 Å². The summed E-state index contributed by atoms with van der Waals surface area (Å²) in [6, 6.07) is 12.3. The Morgan fingerprint density at radius 2 is 1.69 bits per heavy atom. The molecule has 0 spiro atoms. The van der Waals surface area contributed by atoms with Gasteiger partial charge in [-0.2, -0.15) is 0 Å². The molecule has 2 heterocycles. The molecule has 1 saturated heterocycles. The maximum atomic E-state index is 12.1. The van der Waals surface area contributed by atoms with E-state index in [-0.39, 0.29) is 17.8 Å². The van der Waals surface area contributed by atoms with E-state index in [1.54, 1.807) is 6.20 Å². The average Bonchev–Trinajstić information content (AvgIpc) is 2.63. The third-order valence-electron chi connectivity index (χ3n) is 6.13. The average molecular weight is 419 g/mol. The van der Waals surface area contributed by atoms with Gasteiger partial charge in [-0.3, -0.25) is 4.98 Å². The van der Waals surface area contributed by atoms with E-state index in [0.29, 0.717) is 18.8 Å². The molecule has 2 aromatic rings. The molecule has 4 nitrogen and oxygen atoms in total. The highest BCUT2D eigenvalue weighted by atomic mass is 35.5. The van der Waals surface area contributed by atoms with Crippen molar-refractivity contribution >= 4 is 12.4 Å². The first-order valence-electron chi connectivity index (χ1n) is 10.3. The number of benzene rings is 1. The molecule has 1 aromatic heterocycles. The van der Waals surface area contributed by atoms with Gasteiger partial charge in [-0.25, -0.2) is 0 Å². The van der Waals surface area contributed by atoms with Gasteiger partial charge in [0.25, 0.3) is 0 Å². The molecule has 0 amide bonds. The lowest BCUT2D eigenvalue weighted by Crippen LogP contribution is -2.63. The van der Waals surface area contributed by atoms with Crippen molar-refractivity contribution in [3.63, 3.8) is 0 Å². The molecule has 0 saturated carbocycles. The molecule has 1 atom stereocenters. The molecule has 29 heavy (non-hydrogen) atoms. The second-order valence-corrected chi connectivity index (χ2v) is 9.50. The van der Waals surface area contributed by atoms with Crippen molar-refractivity contribution in [1.82, 2.24) is 10.3 Å². The smallest absolute Gasteiger partial charge is 0.122 e. The number of nitrogens with zero attached hydrogens (tertiary/aromatic N) is 1. The van der Waals surface area contributed by atoms with Gasteiger partial charge >= 0.3 is 0 Å². The minimum Gasteiger partial charge on any atom is -0.390 e. The highest BCUT2D eigenvalue weighted by Crippen LogP contribution is 2.47. The predicted molar refractivity (Wildman–Crippen MR) is 121 cm³/mol. The first kappa shape index (κ1) is 23.8. The summed E-state index contributed by atoms with van der Waals surface area (Å²) in [6.45, 7) is 11.6. The molecule has 3 N–H and O–H groups in total. The maximum Gasteiger partial charge on any atom is 0.122 e. The van der Waals surface area contributed by atoms with Crippen LogP contribution < -0.4 is 5.32 Å². The van der Waals surface area contributed by atoms with E-state index in [9.17, 15) is 10.2 Å². The summed E-state index contributed by atoms with van der Waals surface area (Å²) in [5.41, 5.74) is 1.83. The number of aryl methyl sites for hydroxylation is 1. The third kappa shape index (κ3) is 4.83. The van der Waals surface area contributed by atoms with E-state index in [1.807, 2.05) is 26.0 Å². The molecule has 1 aliphatic heterocycles. The van der Waals surface area contributed by atoms with Gasteiger partial charge in [0.1, 0.15) is 5.60 Å². The lowest BCUT2D eigenvalue weighted by Gasteiger charge is -2.52. The van der Waals surface area contributed by atoms with Crippen molar-refractivity contribution < 1.29 is 10.2 Å². The Labute approximate surface area is 181 Å². The van der Waals surface area contributed by atoms with Gasteiger partial charge in [0.2, 0.25) is 0 Å². The van der Waals surface area contributed by atoms with Crippen LogP contribution in [-0.4, -0.2) is 33.9 Å². The second-order valence-electron chi connectivity index (χ2n) is 9.50. The summed E-state index contributed by atoms with van der Waals surface area (Å²) < 4.78 is 0. The van der Waals surface area contributed by atoms with E-state index < -0.39 is 11.2 Å². The molecule has 0 bridgehead atoms. The molecule has 160 valence electrons. The molecule has 1 aliphatic rings. The zero-order chi connectivity index (χ0) is 20.6. The van der Waals surface area contributed by atoms with Crippen molar-refractivity contribution in [2.45, 2.75) is 64.6 Å². The maximum absolute atomic E-state index is 12.1. The van der Waals surface area contributed by atoms with E-state index in [0.717, 1.165) is 29.9 Å². The minimum atomic E-state index is -1.10. The van der Waals surface area contributed by atoms with Gasteiger partial charge in [-0.1, -0.05) is 45.0 Å². The van der Waals surface area contributed by atoms with Crippen molar-refractivity contribution in [3.05, 3.63) is 65.0 Å². The van der Waals surface area contributed by atoms with Crippen LogP contribution in [0.4, 0.5) is 0 Å². The minimum absolute atomic E-state index is 0. The number of hydrogen-bond donors (Lipinski definition) is 3. The summed E-state index contributed by atoms with van der Waals surface area (Å²) in [6.07, 6.45) is 3.08. The number of nitrogens with one attached hydrogen (secondary N) is 1. The quantitative estimate of drug-likeness (QED) is 0.631. The lowest BCUT2D eigenvalue weighted by atomic mass is 9.62. The fourth-order valence-electron chi connectivity index (χ4n) is 4.00. The fraction of sp³-hybridized carbons (Fsp3) is 0.542. The van der Waals surface area contributed by atoms with Crippen LogP contribution in [0, 0.1) is 5.41 Å². The number of rotatable bonds is 7. The monoisotopic (exact) mass is 418 g/mol. The van der Waals surface area contributed by atoms with E-state index in [4.69, 9.17) is 0 Å². The Balaban J connectivity index is 0.00000300. The van der Waals surface area contributed by atoms with E-state index in [1.165, 1.54) is 5.56 Å². The number of halogens is 1. The normalized spacial score (nSPS) is 17.9. The highest BCUT2D eigenvalue weighted by Gasteiger charge is 2.53. The first-order valence-corrected chi connectivity index (χ1v) is 10.3. The van der Waals surface area contributed by atoms with Gasteiger partial charge in [0, 0.05) is 30.4 Å². The Bertz CT molecular complexity index is 810. The molecule has 1 aromatic carbocycles. The van der Waals surface area contributed by atoms with Gasteiger partial charge in [-0.15, -0.1) is 12.4 Å². The lowest BCUT2D eigenvalue weighted by molar-refractivity contribution is -0.0768.